The summed E-state index contributed by atoms with van der Waals surface area (Å²) in [5, 5.41) is 15.8. The molecule has 0 saturated heterocycles. The molecule has 3 aromatic carbocycles. The van der Waals surface area contributed by atoms with Crippen molar-refractivity contribution in [2.75, 3.05) is 13.2 Å². The van der Waals surface area contributed by atoms with Crippen molar-refractivity contribution in [3.05, 3.63) is 127 Å². The Labute approximate surface area is 285 Å². The van der Waals surface area contributed by atoms with Crippen LogP contribution < -0.4 is 15.4 Å². The molecule has 0 bridgehead atoms. The Morgan fingerprint density at radius 3 is 2.06 bits per heavy atom. The van der Waals surface area contributed by atoms with Gasteiger partial charge >= 0.3 is 5.97 Å². The van der Waals surface area contributed by atoms with Gasteiger partial charge in [-0.15, -0.1) is 13.2 Å². The molecule has 0 radical (unpaired) electrons. The molecule has 0 spiro atoms. The van der Waals surface area contributed by atoms with Crippen molar-refractivity contribution >= 4 is 17.8 Å². The van der Waals surface area contributed by atoms with Gasteiger partial charge in [0.1, 0.15) is 19.0 Å². The summed E-state index contributed by atoms with van der Waals surface area (Å²) >= 11 is 0. The molecule has 0 aliphatic heterocycles. The molecule has 0 saturated carbocycles. The summed E-state index contributed by atoms with van der Waals surface area (Å²) in [6.07, 6.45) is 5.85. The first kappa shape index (κ1) is 37.8. The van der Waals surface area contributed by atoms with Crippen LogP contribution in [-0.2, 0) is 38.6 Å². The number of nitrogens with one attached hydrogen (secondary N) is 2. The molecule has 3 atom stereocenters. The number of aliphatic hydroxyl groups excluding tert-OH is 1. The Kier molecular flexibility index (Phi) is 15.6. The summed E-state index contributed by atoms with van der Waals surface area (Å²) in [4.78, 5) is 39.4. The average Bonchev–Trinajstić information content (AvgIpc) is 3.09. The number of benzene rings is 3. The Morgan fingerprint density at radius 2 is 1.46 bits per heavy atom. The standard InChI is InChI=1S/C40H50N2O6/c1-5-7-19-34(24-30-15-10-8-11-16-30)39(46)48-29-40(3,4)42-38(45)33(14-6-2)26-37(44)41-35(27-43)25-31-20-22-36(23-21-31)47-28-32-17-12-9-13-18-32/h5-6,8-13,15-18,20-23,33-35,43H,1-2,7,14,19,24-29H2,3-4H3,(H,41,44)(H,42,45)/t33-,34+,35-/m0/s1. The van der Waals surface area contributed by atoms with Crippen molar-refractivity contribution in [1.29, 1.82) is 0 Å². The number of aliphatic hydroxyl groups is 1. The van der Waals surface area contributed by atoms with Gasteiger partial charge in [0.2, 0.25) is 11.8 Å². The summed E-state index contributed by atoms with van der Waals surface area (Å²) in [5.74, 6) is -1.31. The minimum atomic E-state index is -0.872. The minimum Gasteiger partial charge on any atom is -0.489 e. The second-order valence-corrected chi connectivity index (χ2v) is 12.7. The summed E-state index contributed by atoms with van der Waals surface area (Å²) in [5.41, 5.74) is 2.17. The van der Waals surface area contributed by atoms with Crippen LogP contribution in [0.2, 0.25) is 0 Å². The molecule has 2 amide bonds. The molecule has 0 aliphatic carbocycles. The van der Waals surface area contributed by atoms with Crippen LogP contribution in [0, 0.1) is 11.8 Å². The number of carbonyl (C=O) groups is 3. The predicted octanol–water partition coefficient (Wildman–Crippen LogP) is 6.13. The number of carbonyl (C=O) groups excluding carboxylic acids is 3. The monoisotopic (exact) mass is 654 g/mol. The smallest absolute Gasteiger partial charge is 0.309 e. The van der Waals surface area contributed by atoms with Gasteiger partial charge in [-0.2, -0.15) is 0 Å². The molecule has 0 aromatic heterocycles. The van der Waals surface area contributed by atoms with Gasteiger partial charge in [-0.1, -0.05) is 84.9 Å². The van der Waals surface area contributed by atoms with E-state index < -0.39 is 17.5 Å². The van der Waals surface area contributed by atoms with Gasteiger partial charge in [-0.05, 0) is 74.8 Å². The first-order valence-corrected chi connectivity index (χ1v) is 16.5. The number of rotatable bonds is 21. The number of ether oxygens (including phenoxy) is 2. The van der Waals surface area contributed by atoms with Crippen molar-refractivity contribution in [1.82, 2.24) is 10.6 Å². The minimum absolute atomic E-state index is 0.0212. The lowest BCUT2D eigenvalue weighted by molar-refractivity contribution is -0.151. The van der Waals surface area contributed by atoms with Crippen molar-refractivity contribution in [2.45, 2.75) is 70.6 Å². The zero-order valence-corrected chi connectivity index (χ0v) is 28.2. The van der Waals surface area contributed by atoms with Crippen molar-refractivity contribution in [3.8, 4) is 5.75 Å². The van der Waals surface area contributed by atoms with E-state index in [0.717, 1.165) is 22.4 Å². The van der Waals surface area contributed by atoms with Crippen LogP contribution in [0.4, 0.5) is 0 Å². The maximum atomic E-state index is 13.3. The van der Waals surface area contributed by atoms with E-state index in [1.54, 1.807) is 26.0 Å². The summed E-state index contributed by atoms with van der Waals surface area (Å²) in [6.45, 7) is 11.3. The van der Waals surface area contributed by atoms with Crippen molar-refractivity contribution in [3.63, 3.8) is 0 Å². The highest BCUT2D eigenvalue weighted by molar-refractivity contribution is 5.86. The lowest BCUT2D eigenvalue weighted by Crippen LogP contribution is -2.50. The number of allylic oxidation sites excluding steroid dienone is 2. The molecule has 8 nitrogen and oxygen atoms in total. The molecule has 3 N–H and O–H groups in total. The average molecular weight is 655 g/mol. The van der Waals surface area contributed by atoms with E-state index in [2.05, 4.69) is 23.8 Å². The van der Waals surface area contributed by atoms with E-state index in [-0.39, 0.29) is 49.8 Å². The Hall–Kier alpha value is -4.69. The van der Waals surface area contributed by atoms with E-state index in [1.165, 1.54) is 0 Å². The fourth-order valence-electron chi connectivity index (χ4n) is 5.27. The lowest BCUT2D eigenvalue weighted by atomic mass is 9.94. The normalized spacial score (nSPS) is 13.0. The maximum Gasteiger partial charge on any atom is 0.309 e. The molecule has 0 unspecified atom stereocenters. The number of amides is 2. The number of hydrogen-bond donors (Lipinski definition) is 3. The first-order chi connectivity index (χ1) is 23.1. The third-order valence-corrected chi connectivity index (χ3v) is 7.91. The van der Waals surface area contributed by atoms with Gasteiger partial charge in [0, 0.05) is 6.42 Å². The van der Waals surface area contributed by atoms with Crippen LogP contribution in [0.15, 0.2) is 110 Å². The van der Waals surface area contributed by atoms with Crippen molar-refractivity contribution in [2.24, 2.45) is 11.8 Å². The van der Waals surface area contributed by atoms with Gasteiger partial charge in [-0.25, -0.2) is 0 Å². The third kappa shape index (κ3) is 13.6. The van der Waals surface area contributed by atoms with E-state index >= 15 is 0 Å². The van der Waals surface area contributed by atoms with Crippen LogP contribution in [0.1, 0.15) is 56.2 Å². The van der Waals surface area contributed by atoms with Crippen LogP contribution in [0.25, 0.3) is 0 Å². The van der Waals surface area contributed by atoms with Gasteiger partial charge in [0.15, 0.2) is 0 Å². The van der Waals surface area contributed by atoms with Crippen LogP contribution in [0.5, 0.6) is 5.75 Å². The second kappa shape index (κ2) is 19.9. The Morgan fingerprint density at radius 1 is 0.833 bits per heavy atom. The second-order valence-electron chi connectivity index (χ2n) is 12.7. The van der Waals surface area contributed by atoms with E-state index in [4.69, 9.17) is 9.47 Å². The van der Waals surface area contributed by atoms with Gasteiger partial charge < -0.3 is 25.2 Å². The summed E-state index contributed by atoms with van der Waals surface area (Å²) < 4.78 is 11.5. The molecule has 8 heteroatoms. The molecule has 3 aromatic rings. The predicted molar refractivity (Wildman–Crippen MR) is 189 cm³/mol. The number of esters is 1. The molecular weight excluding hydrogens is 604 g/mol. The molecule has 48 heavy (non-hydrogen) atoms. The fraction of sp³-hybridized carbons (Fsp3) is 0.375. The van der Waals surface area contributed by atoms with Crippen LogP contribution in [0.3, 0.4) is 0 Å². The van der Waals surface area contributed by atoms with Gasteiger partial charge in [0.05, 0.1) is 30.0 Å². The Bertz CT molecular complexity index is 1440. The largest absolute Gasteiger partial charge is 0.489 e. The summed E-state index contributed by atoms with van der Waals surface area (Å²) in [6, 6.07) is 26.7. The van der Waals surface area contributed by atoms with Crippen LogP contribution >= 0.6 is 0 Å². The third-order valence-electron chi connectivity index (χ3n) is 7.91. The quantitative estimate of drug-likeness (QED) is 0.0941. The molecule has 256 valence electrons. The topological polar surface area (TPSA) is 114 Å². The van der Waals surface area contributed by atoms with E-state index in [9.17, 15) is 19.5 Å². The van der Waals surface area contributed by atoms with E-state index in [0.29, 0.717) is 32.3 Å². The van der Waals surface area contributed by atoms with Gasteiger partial charge in [0.25, 0.3) is 0 Å². The molecule has 0 aliphatic rings. The molecule has 0 heterocycles. The molecule has 3 rings (SSSR count). The van der Waals surface area contributed by atoms with Crippen LogP contribution in [-0.4, -0.2) is 47.7 Å². The zero-order chi connectivity index (χ0) is 34.8. The molecule has 0 fully saturated rings. The highest BCUT2D eigenvalue weighted by atomic mass is 16.5. The molecular formula is C40H50N2O6. The summed E-state index contributed by atoms with van der Waals surface area (Å²) in [7, 11) is 0. The van der Waals surface area contributed by atoms with Gasteiger partial charge in [-0.3, -0.25) is 14.4 Å². The lowest BCUT2D eigenvalue weighted by Gasteiger charge is -2.29. The maximum absolute atomic E-state index is 13.3. The highest BCUT2D eigenvalue weighted by Crippen LogP contribution is 2.19. The zero-order valence-electron chi connectivity index (χ0n) is 28.2. The Balaban J connectivity index is 1.50. The SMILES string of the molecule is C=CCC[C@H](Cc1ccccc1)C(=O)OCC(C)(C)NC(=O)[C@@H](CC=C)CC(=O)N[C@H](CO)Cc1ccc(OCc2ccccc2)cc1. The number of hydrogen-bond acceptors (Lipinski definition) is 6. The fourth-order valence-corrected chi connectivity index (χ4v) is 5.27. The van der Waals surface area contributed by atoms with Crippen molar-refractivity contribution < 1.29 is 29.0 Å². The highest BCUT2D eigenvalue weighted by Gasteiger charge is 2.30. The first-order valence-electron chi connectivity index (χ1n) is 16.5. The van der Waals surface area contributed by atoms with E-state index in [1.807, 2.05) is 84.9 Å².